The third-order valence-corrected chi connectivity index (χ3v) is 5.59. The van der Waals surface area contributed by atoms with Crippen molar-refractivity contribution >= 4 is 11.7 Å². The summed E-state index contributed by atoms with van der Waals surface area (Å²) in [4.78, 5) is 22.8. The number of rotatable bonds is 4. The van der Waals surface area contributed by atoms with Crippen molar-refractivity contribution in [2.75, 3.05) is 18.4 Å². The van der Waals surface area contributed by atoms with Gasteiger partial charge in [-0.2, -0.15) is 0 Å². The average molecular weight is 341 g/mol. The fourth-order valence-electron chi connectivity index (χ4n) is 4.17. The number of nitrogens with zero attached hydrogens (tertiary/aromatic N) is 4. The predicted octanol–water partition coefficient (Wildman–Crippen LogP) is 2.12. The third-order valence-electron chi connectivity index (χ3n) is 5.59. The predicted molar refractivity (Wildman–Crippen MR) is 92.0 cm³/mol. The normalized spacial score (nSPS) is 25.2. The van der Waals surface area contributed by atoms with E-state index in [1.165, 1.54) is 0 Å². The van der Waals surface area contributed by atoms with Gasteiger partial charge in [0.1, 0.15) is 17.9 Å². The first kappa shape index (κ1) is 16.1. The molecule has 0 radical (unpaired) electrons. The Morgan fingerprint density at radius 2 is 2.28 bits per heavy atom. The van der Waals surface area contributed by atoms with E-state index in [0.29, 0.717) is 12.5 Å². The van der Waals surface area contributed by atoms with Gasteiger partial charge >= 0.3 is 0 Å². The fourth-order valence-corrected chi connectivity index (χ4v) is 4.17. The van der Waals surface area contributed by atoms with E-state index in [9.17, 15) is 4.79 Å². The molecule has 2 aromatic heterocycles. The molecule has 1 aliphatic heterocycles. The molecular formula is C18H23N5O2. The summed E-state index contributed by atoms with van der Waals surface area (Å²) < 4.78 is 5.16. The zero-order valence-electron chi connectivity index (χ0n) is 14.7. The summed E-state index contributed by atoms with van der Waals surface area (Å²) in [5.41, 5.74) is 2.03. The lowest BCUT2D eigenvalue weighted by Gasteiger charge is -2.45. The van der Waals surface area contributed by atoms with E-state index in [0.717, 1.165) is 55.2 Å². The Labute approximate surface area is 146 Å². The Hall–Kier alpha value is -2.44. The molecule has 7 nitrogen and oxygen atoms in total. The Morgan fingerprint density at radius 1 is 1.44 bits per heavy atom. The Morgan fingerprint density at radius 3 is 2.96 bits per heavy atom. The van der Waals surface area contributed by atoms with E-state index in [1.54, 1.807) is 12.5 Å². The second-order valence-electron chi connectivity index (χ2n) is 7.39. The van der Waals surface area contributed by atoms with Gasteiger partial charge < -0.3 is 14.7 Å². The molecular weight excluding hydrogens is 318 g/mol. The van der Waals surface area contributed by atoms with Gasteiger partial charge in [-0.05, 0) is 44.6 Å². The Balaban J connectivity index is 1.31. The molecule has 7 heteroatoms. The molecule has 132 valence electrons. The van der Waals surface area contributed by atoms with Crippen molar-refractivity contribution in [3.05, 3.63) is 35.6 Å². The summed E-state index contributed by atoms with van der Waals surface area (Å²) in [6, 6.07) is 2.33. The number of carbonyl (C=O) groups excluding carboxylic acids is 1. The van der Waals surface area contributed by atoms with Crippen molar-refractivity contribution in [3.8, 4) is 0 Å². The minimum absolute atomic E-state index is 0.179. The van der Waals surface area contributed by atoms with Crippen molar-refractivity contribution in [2.45, 2.75) is 45.6 Å². The molecule has 0 aromatic carbocycles. The topological polar surface area (TPSA) is 84.2 Å². The first-order chi connectivity index (χ1) is 12.0. The van der Waals surface area contributed by atoms with Crippen molar-refractivity contribution in [3.63, 3.8) is 0 Å². The minimum Gasteiger partial charge on any atom is -0.367 e. The second-order valence-corrected chi connectivity index (χ2v) is 7.39. The quantitative estimate of drug-likeness (QED) is 0.917. The van der Waals surface area contributed by atoms with Crippen LogP contribution in [0.1, 0.15) is 36.3 Å². The van der Waals surface area contributed by atoms with E-state index in [4.69, 9.17) is 4.52 Å². The SMILES string of the molecule is Cc1noc(C)c1CC(=O)N1CCC2(CC(Nc3ccncn3)C2)C1. The van der Waals surface area contributed by atoms with Crippen LogP contribution in [0.3, 0.4) is 0 Å². The lowest BCUT2D eigenvalue weighted by molar-refractivity contribution is -0.130. The first-order valence-corrected chi connectivity index (χ1v) is 8.77. The summed E-state index contributed by atoms with van der Waals surface area (Å²) in [6.07, 6.45) is 6.95. The van der Waals surface area contributed by atoms with Crippen molar-refractivity contribution in [1.29, 1.82) is 0 Å². The van der Waals surface area contributed by atoms with Crippen LogP contribution in [0.15, 0.2) is 23.1 Å². The molecule has 0 bridgehead atoms. The molecule has 0 unspecified atom stereocenters. The lowest BCUT2D eigenvalue weighted by atomic mass is 9.65. The molecule has 1 amide bonds. The number of hydrogen-bond donors (Lipinski definition) is 1. The van der Waals surface area contributed by atoms with Gasteiger partial charge in [0, 0.05) is 30.9 Å². The molecule has 1 saturated heterocycles. The monoisotopic (exact) mass is 341 g/mol. The summed E-state index contributed by atoms with van der Waals surface area (Å²) in [5, 5.41) is 7.39. The minimum atomic E-state index is 0.179. The smallest absolute Gasteiger partial charge is 0.227 e. The molecule has 1 N–H and O–H groups in total. The Kier molecular flexibility index (Phi) is 3.94. The van der Waals surface area contributed by atoms with Crippen LogP contribution < -0.4 is 5.32 Å². The second kappa shape index (κ2) is 6.13. The number of carbonyl (C=O) groups is 1. The van der Waals surface area contributed by atoms with E-state index in [1.807, 2.05) is 24.8 Å². The van der Waals surface area contributed by atoms with E-state index >= 15 is 0 Å². The summed E-state index contributed by atoms with van der Waals surface area (Å²) in [5.74, 6) is 1.80. The van der Waals surface area contributed by atoms with Crippen LogP contribution >= 0.6 is 0 Å². The van der Waals surface area contributed by atoms with Crippen LogP contribution in [-0.4, -0.2) is 45.1 Å². The van der Waals surface area contributed by atoms with Crippen LogP contribution in [0.5, 0.6) is 0 Å². The fraction of sp³-hybridized carbons (Fsp3) is 0.556. The maximum atomic E-state index is 12.6. The zero-order chi connectivity index (χ0) is 17.4. The molecule has 0 atom stereocenters. The average Bonchev–Trinajstić information content (AvgIpc) is 3.15. The van der Waals surface area contributed by atoms with Gasteiger partial charge in [0.2, 0.25) is 5.91 Å². The molecule has 1 spiro atoms. The van der Waals surface area contributed by atoms with Gasteiger partial charge in [-0.1, -0.05) is 5.16 Å². The van der Waals surface area contributed by atoms with Gasteiger partial charge in [0.15, 0.2) is 0 Å². The summed E-state index contributed by atoms with van der Waals surface area (Å²) in [7, 11) is 0. The standard InChI is InChI=1S/C18H23N5O2/c1-12-15(13(2)25-22-12)7-17(24)23-6-4-18(10-23)8-14(9-18)21-16-3-5-19-11-20-16/h3,5,11,14H,4,6-10H2,1-2H3,(H,19,20,21). The van der Waals surface area contributed by atoms with E-state index < -0.39 is 0 Å². The lowest BCUT2D eigenvalue weighted by Crippen LogP contribution is -2.47. The van der Waals surface area contributed by atoms with Crippen molar-refractivity contribution < 1.29 is 9.32 Å². The number of likely N-dealkylation sites (tertiary alicyclic amines) is 1. The summed E-state index contributed by atoms with van der Waals surface area (Å²) >= 11 is 0. The molecule has 1 aliphatic carbocycles. The zero-order valence-corrected chi connectivity index (χ0v) is 14.7. The molecule has 25 heavy (non-hydrogen) atoms. The van der Waals surface area contributed by atoms with Gasteiger partial charge in [0.25, 0.3) is 0 Å². The van der Waals surface area contributed by atoms with Crippen LogP contribution in [0.25, 0.3) is 0 Å². The maximum absolute atomic E-state index is 12.6. The number of aromatic nitrogens is 3. The number of nitrogens with one attached hydrogen (secondary N) is 1. The van der Waals surface area contributed by atoms with Crippen LogP contribution in [0.2, 0.25) is 0 Å². The van der Waals surface area contributed by atoms with E-state index in [2.05, 4.69) is 20.4 Å². The van der Waals surface area contributed by atoms with Gasteiger partial charge in [-0.15, -0.1) is 0 Å². The van der Waals surface area contributed by atoms with Crippen LogP contribution in [-0.2, 0) is 11.2 Å². The highest BCUT2D eigenvalue weighted by molar-refractivity contribution is 5.79. The maximum Gasteiger partial charge on any atom is 0.227 e. The van der Waals surface area contributed by atoms with Gasteiger partial charge in [-0.3, -0.25) is 4.79 Å². The molecule has 2 fully saturated rings. The number of amides is 1. The highest BCUT2D eigenvalue weighted by atomic mass is 16.5. The van der Waals surface area contributed by atoms with Crippen molar-refractivity contribution in [2.24, 2.45) is 5.41 Å². The first-order valence-electron chi connectivity index (χ1n) is 8.77. The van der Waals surface area contributed by atoms with Gasteiger partial charge in [0.05, 0.1) is 12.1 Å². The molecule has 2 aromatic rings. The molecule has 3 heterocycles. The van der Waals surface area contributed by atoms with E-state index in [-0.39, 0.29) is 11.3 Å². The summed E-state index contributed by atoms with van der Waals surface area (Å²) in [6.45, 7) is 5.46. The number of hydrogen-bond acceptors (Lipinski definition) is 6. The molecule has 2 aliphatic rings. The van der Waals surface area contributed by atoms with Gasteiger partial charge in [-0.25, -0.2) is 9.97 Å². The largest absolute Gasteiger partial charge is 0.367 e. The highest BCUT2D eigenvalue weighted by Gasteiger charge is 2.49. The van der Waals surface area contributed by atoms with Crippen LogP contribution in [0.4, 0.5) is 5.82 Å². The molecule has 4 rings (SSSR count). The number of aryl methyl sites for hydroxylation is 2. The Bertz CT molecular complexity index is 748. The highest BCUT2D eigenvalue weighted by Crippen LogP contribution is 2.49. The number of anilines is 1. The third kappa shape index (κ3) is 3.10. The van der Waals surface area contributed by atoms with Crippen molar-refractivity contribution in [1.82, 2.24) is 20.0 Å². The molecule has 1 saturated carbocycles. The van der Waals surface area contributed by atoms with Crippen LogP contribution in [0, 0.1) is 19.3 Å².